The summed E-state index contributed by atoms with van der Waals surface area (Å²) in [4.78, 5) is 37.2. The Balaban J connectivity index is 2.03. The second-order valence-electron chi connectivity index (χ2n) is 5.10. The number of hydrogen-bond acceptors (Lipinski definition) is 4. The Kier molecular flexibility index (Phi) is 5.35. The Morgan fingerprint density at radius 1 is 1.26 bits per heavy atom. The van der Waals surface area contributed by atoms with Gasteiger partial charge in [0.1, 0.15) is 6.04 Å². The van der Waals surface area contributed by atoms with Crippen molar-refractivity contribution in [3.8, 4) is 0 Å². The van der Waals surface area contributed by atoms with Crippen LogP contribution in [0.15, 0.2) is 30.5 Å². The lowest BCUT2D eigenvalue weighted by Gasteiger charge is -2.14. The molecule has 3 N–H and O–H groups in total. The molecule has 0 saturated carbocycles. The highest BCUT2D eigenvalue weighted by atomic mass is 16.5. The number of para-hydroxylation sites is 1. The molecule has 1 heterocycles. The SMILES string of the molecule is COC(=O)CCC(=O)N[C@@H](Cc1c[nH]c2ccccc12)C(=O)O. The molecule has 1 amide bonds. The van der Waals surface area contributed by atoms with Crippen LogP contribution in [-0.4, -0.2) is 41.1 Å². The highest BCUT2D eigenvalue weighted by Crippen LogP contribution is 2.19. The second-order valence-corrected chi connectivity index (χ2v) is 5.10. The number of carboxylic acids is 1. The number of nitrogens with one attached hydrogen (secondary N) is 2. The number of carboxylic acid groups (broad SMARTS) is 1. The van der Waals surface area contributed by atoms with Crippen molar-refractivity contribution in [2.45, 2.75) is 25.3 Å². The lowest BCUT2D eigenvalue weighted by Crippen LogP contribution is -2.42. The van der Waals surface area contributed by atoms with Crippen LogP contribution >= 0.6 is 0 Å². The number of aromatic amines is 1. The minimum Gasteiger partial charge on any atom is -0.480 e. The first-order valence-electron chi connectivity index (χ1n) is 7.15. The van der Waals surface area contributed by atoms with Gasteiger partial charge in [-0.1, -0.05) is 18.2 Å². The summed E-state index contributed by atoms with van der Waals surface area (Å²) in [6.07, 6.45) is 1.70. The lowest BCUT2D eigenvalue weighted by atomic mass is 10.0. The summed E-state index contributed by atoms with van der Waals surface area (Å²) in [5.74, 6) is -2.13. The first-order valence-corrected chi connectivity index (χ1v) is 7.15. The second kappa shape index (κ2) is 7.44. The lowest BCUT2D eigenvalue weighted by molar-refractivity contribution is -0.143. The maximum Gasteiger partial charge on any atom is 0.326 e. The molecule has 122 valence electrons. The average Bonchev–Trinajstić information content (AvgIpc) is 2.95. The zero-order chi connectivity index (χ0) is 16.8. The predicted molar refractivity (Wildman–Crippen MR) is 82.8 cm³/mol. The number of esters is 1. The maximum atomic E-state index is 11.8. The molecule has 1 aromatic heterocycles. The third-order valence-electron chi connectivity index (χ3n) is 3.52. The monoisotopic (exact) mass is 318 g/mol. The van der Waals surface area contributed by atoms with E-state index in [0.29, 0.717) is 0 Å². The van der Waals surface area contributed by atoms with E-state index in [9.17, 15) is 19.5 Å². The molecule has 1 aromatic carbocycles. The van der Waals surface area contributed by atoms with Crippen molar-refractivity contribution in [1.82, 2.24) is 10.3 Å². The molecular weight excluding hydrogens is 300 g/mol. The predicted octanol–water partition coefficient (Wildman–Crippen LogP) is 1.23. The molecule has 23 heavy (non-hydrogen) atoms. The fraction of sp³-hybridized carbons (Fsp3) is 0.312. The van der Waals surface area contributed by atoms with E-state index in [4.69, 9.17) is 0 Å². The third kappa shape index (κ3) is 4.32. The number of rotatable bonds is 7. The standard InChI is InChI=1S/C16H18N2O5/c1-23-15(20)7-6-14(19)18-13(16(21)22)8-10-9-17-12-5-3-2-4-11(10)12/h2-5,9,13,17H,6-8H2,1H3,(H,18,19)(H,21,22)/t13-/m0/s1. The molecule has 7 heteroatoms. The molecule has 2 aromatic rings. The van der Waals surface area contributed by atoms with Gasteiger partial charge in [-0.25, -0.2) is 4.79 Å². The summed E-state index contributed by atoms with van der Waals surface area (Å²) in [7, 11) is 1.23. The van der Waals surface area contributed by atoms with E-state index < -0.39 is 23.9 Å². The Bertz CT molecular complexity index is 722. The number of ether oxygens (including phenoxy) is 1. The summed E-state index contributed by atoms with van der Waals surface area (Å²) in [5, 5.41) is 12.7. The van der Waals surface area contributed by atoms with E-state index in [-0.39, 0.29) is 19.3 Å². The number of fused-ring (bicyclic) bond motifs is 1. The number of methoxy groups -OCH3 is 1. The van der Waals surface area contributed by atoms with E-state index in [1.54, 1.807) is 6.20 Å². The van der Waals surface area contributed by atoms with Gasteiger partial charge >= 0.3 is 11.9 Å². The van der Waals surface area contributed by atoms with Gasteiger partial charge in [0.2, 0.25) is 5.91 Å². The minimum atomic E-state index is -1.12. The van der Waals surface area contributed by atoms with Gasteiger partial charge in [-0.3, -0.25) is 9.59 Å². The van der Waals surface area contributed by atoms with Crippen LogP contribution in [0.4, 0.5) is 0 Å². The van der Waals surface area contributed by atoms with E-state index in [2.05, 4.69) is 15.0 Å². The van der Waals surface area contributed by atoms with Crippen LogP contribution in [0.3, 0.4) is 0 Å². The van der Waals surface area contributed by atoms with Crippen LogP contribution in [0.2, 0.25) is 0 Å². The van der Waals surface area contributed by atoms with Crippen LogP contribution in [0.25, 0.3) is 10.9 Å². The van der Waals surface area contributed by atoms with Crippen molar-refractivity contribution >= 4 is 28.7 Å². The average molecular weight is 318 g/mol. The first kappa shape index (κ1) is 16.5. The van der Waals surface area contributed by atoms with Gasteiger partial charge in [0.15, 0.2) is 0 Å². The zero-order valence-corrected chi connectivity index (χ0v) is 12.7. The molecule has 0 saturated heterocycles. The van der Waals surface area contributed by atoms with Gasteiger partial charge in [-0.15, -0.1) is 0 Å². The van der Waals surface area contributed by atoms with Crippen molar-refractivity contribution in [2.75, 3.05) is 7.11 Å². The zero-order valence-electron chi connectivity index (χ0n) is 12.7. The Labute approximate surface area is 132 Å². The summed E-state index contributed by atoms with van der Waals surface area (Å²) in [5.41, 5.74) is 1.71. The molecule has 0 aliphatic heterocycles. The first-order chi connectivity index (χ1) is 11.0. The number of amides is 1. The van der Waals surface area contributed by atoms with Crippen LogP contribution in [0.1, 0.15) is 18.4 Å². The van der Waals surface area contributed by atoms with E-state index >= 15 is 0 Å². The number of hydrogen-bond donors (Lipinski definition) is 3. The van der Waals surface area contributed by atoms with Gasteiger partial charge in [-0.2, -0.15) is 0 Å². The summed E-state index contributed by atoms with van der Waals surface area (Å²) in [6.45, 7) is 0. The summed E-state index contributed by atoms with van der Waals surface area (Å²) in [6, 6.07) is 6.47. The highest BCUT2D eigenvalue weighted by molar-refractivity contribution is 5.87. The molecule has 2 rings (SSSR count). The van der Waals surface area contributed by atoms with Crippen molar-refractivity contribution < 1.29 is 24.2 Å². The number of aromatic nitrogens is 1. The van der Waals surface area contributed by atoms with Gasteiger partial charge in [-0.05, 0) is 11.6 Å². The van der Waals surface area contributed by atoms with Crippen molar-refractivity contribution in [3.63, 3.8) is 0 Å². The molecule has 0 aliphatic rings. The molecule has 0 bridgehead atoms. The maximum absolute atomic E-state index is 11.8. The molecule has 0 spiro atoms. The van der Waals surface area contributed by atoms with Crippen LogP contribution in [-0.2, 0) is 25.5 Å². The van der Waals surface area contributed by atoms with Gasteiger partial charge < -0.3 is 20.1 Å². The molecule has 0 radical (unpaired) electrons. The normalized spacial score (nSPS) is 11.9. The van der Waals surface area contributed by atoms with Crippen molar-refractivity contribution in [1.29, 1.82) is 0 Å². The van der Waals surface area contributed by atoms with Crippen LogP contribution in [0.5, 0.6) is 0 Å². The molecule has 1 atom stereocenters. The van der Waals surface area contributed by atoms with Gasteiger partial charge in [0.25, 0.3) is 0 Å². The number of benzene rings is 1. The number of carbonyl (C=O) groups excluding carboxylic acids is 2. The number of carbonyl (C=O) groups is 3. The fourth-order valence-corrected chi connectivity index (χ4v) is 2.30. The van der Waals surface area contributed by atoms with Crippen molar-refractivity contribution in [2.24, 2.45) is 0 Å². The Morgan fingerprint density at radius 3 is 2.70 bits per heavy atom. The topological polar surface area (TPSA) is 108 Å². The minimum absolute atomic E-state index is 0.0816. The molecule has 7 nitrogen and oxygen atoms in total. The number of aliphatic carboxylic acids is 1. The molecule has 0 unspecified atom stereocenters. The van der Waals surface area contributed by atoms with Gasteiger partial charge in [0.05, 0.1) is 13.5 Å². The molecule has 0 aliphatic carbocycles. The van der Waals surface area contributed by atoms with Crippen LogP contribution in [0, 0.1) is 0 Å². The summed E-state index contributed by atoms with van der Waals surface area (Å²) < 4.78 is 4.45. The van der Waals surface area contributed by atoms with E-state index in [1.165, 1.54) is 7.11 Å². The molecule has 0 fully saturated rings. The quantitative estimate of drug-likeness (QED) is 0.665. The Hall–Kier alpha value is -2.83. The van der Waals surface area contributed by atoms with E-state index in [1.807, 2.05) is 24.3 Å². The van der Waals surface area contributed by atoms with E-state index in [0.717, 1.165) is 16.5 Å². The largest absolute Gasteiger partial charge is 0.480 e. The molecular formula is C16H18N2O5. The summed E-state index contributed by atoms with van der Waals surface area (Å²) >= 11 is 0. The Morgan fingerprint density at radius 2 is 2.00 bits per heavy atom. The van der Waals surface area contributed by atoms with Gasteiger partial charge in [0, 0.05) is 29.9 Å². The smallest absolute Gasteiger partial charge is 0.326 e. The highest BCUT2D eigenvalue weighted by Gasteiger charge is 2.22. The van der Waals surface area contributed by atoms with Crippen LogP contribution < -0.4 is 5.32 Å². The number of H-pyrrole nitrogens is 1. The third-order valence-corrected chi connectivity index (χ3v) is 3.52. The fourth-order valence-electron chi connectivity index (χ4n) is 2.30. The van der Waals surface area contributed by atoms with Crippen molar-refractivity contribution in [3.05, 3.63) is 36.0 Å².